The lowest BCUT2D eigenvalue weighted by Gasteiger charge is -2.08. The van der Waals surface area contributed by atoms with Gasteiger partial charge in [0.05, 0.1) is 19.8 Å². The monoisotopic (exact) mass is 247 g/mol. The summed E-state index contributed by atoms with van der Waals surface area (Å²) in [7, 11) is 3.75. The highest BCUT2D eigenvalue weighted by Crippen LogP contribution is 2.22. The number of methoxy groups -OCH3 is 1. The molecule has 1 N–H and O–H groups in total. The number of alkyl halides is 1. The Labute approximate surface area is 101 Å². The Kier molecular flexibility index (Phi) is 9.52. The van der Waals surface area contributed by atoms with Crippen molar-refractivity contribution >= 4 is 0 Å². The number of hydrogen-bond donors (Lipinski definition) is 1. The van der Waals surface area contributed by atoms with Gasteiger partial charge in [-0.25, -0.2) is 4.39 Å². The van der Waals surface area contributed by atoms with Gasteiger partial charge in [0.2, 0.25) is 0 Å². The van der Waals surface area contributed by atoms with Gasteiger partial charge in [0.15, 0.2) is 0 Å². The van der Waals surface area contributed by atoms with Crippen molar-refractivity contribution in [2.24, 2.45) is 0 Å². The fourth-order valence-corrected chi connectivity index (χ4v) is 1.37. The van der Waals surface area contributed by atoms with Gasteiger partial charge in [-0.15, -0.1) is 0 Å². The fourth-order valence-electron chi connectivity index (χ4n) is 1.37. The third-order valence-electron chi connectivity index (χ3n) is 2.01. The largest absolute Gasteiger partial charge is 0.388 e. The molecule has 1 aromatic carbocycles. The van der Waals surface area contributed by atoms with E-state index in [1.807, 2.05) is 6.07 Å². The zero-order valence-electron chi connectivity index (χ0n) is 10.4. The third kappa shape index (κ3) is 5.72. The van der Waals surface area contributed by atoms with Crippen molar-refractivity contribution in [3.8, 4) is 0 Å². The van der Waals surface area contributed by atoms with E-state index in [2.05, 4.69) is 10.2 Å². The van der Waals surface area contributed by atoms with Gasteiger partial charge in [0.25, 0.3) is 0 Å². The van der Waals surface area contributed by atoms with Crippen molar-refractivity contribution in [1.29, 1.82) is 0 Å². The average molecular weight is 247 g/mol. The molecule has 3 nitrogen and oxygen atoms in total. The number of benzene rings is 1. The van der Waals surface area contributed by atoms with E-state index >= 15 is 0 Å². The van der Waals surface area contributed by atoms with E-state index in [1.54, 1.807) is 26.4 Å². The smallest absolute Gasteiger partial charge is 0.128 e. The summed E-state index contributed by atoms with van der Waals surface area (Å²) in [4.78, 5) is 4.95. The SMILES string of the molecule is CF.COC.Fc1ccccc1C1CCON1. The van der Waals surface area contributed by atoms with Crippen LogP contribution in [0, 0.1) is 5.82 Å². The highest BCUT2D eigenvalue weighted by atomic mass is 19.1. The molecule has 1 atom stereocenters. The molecule has 2 rings (SSSR count). The van der Waals surface area contributed by atoms with E-state index in [-0.39, 0.29) is 11.9 Å². The number of rotatable bonds is 1. The molecule has 0 aliphatic carbocycles. The first-order valence-corrected chi connectivity index (χ1v) is 5.19. The zero-order chi connectivity index (χ0) is 13.1. The number of nitrogens with one attached hydrogen (secondary N) is 1. The van der Waals surface area contributed by atoms with E-state index in [9.17, 15) is 8.78 Å². The standard InChI is InChI=1S/C9H10FNO.C2H6O.CH3F/c10-8-4-2-1-3-7(8)9-5-6-12-11-9;1-3-2;1-2/h1-4,9,11H,5-6H2;1-2H3;1H3. The first-order chi connectivity index (χ1) is 8.29. The molecule has 0 aromatic heterocycles. The van der Waals surface area contributed by atoms with E-state index in [0.29, 0.717) is 19.3 Å². The van der Waals surface area contributed by atoms with Crippen molar-refractivity contribution in [2.45, 2.75) is 12.5 Å². The van der Waals surface area contributed by atoms with Crippen LogP contribution in [0.5, 0.6) is 0 Å². The molecule has 1 aliphatic heterocycles. The lowest BCUT2D eigenvalue weighted by atomic mass is 10.1. The molecule has 1 aromatic rings. The number of ether oxygens (including phenoxy) is 1. The fraction of sp³-hybridized carbons (Fsp3) is 0.500. The number of halogens is 2. The predicted molar refractivity (Wildman–Crippen MR) is 62.8 cm³/mol. The Hall–Kier alpha value is -1.04. The molecule has 1 aliphatic rings. The molecular weight excluding hydrogens is 228 g/mol. The molecule has 0 spiro atoms. The summed E-state index contributed by atoms with van der Waals surface area (Å²) < 4.78 is 26.9. The molecule has 1 fully saturated rings. The van der Waals surface area contributed by atoms with Crippen LogP contribution in [0.1, 0.15) is 18.0 Å². The minimum absolute atomic E-state index is 0.0196. The molecule has 0 bridgehead atoms. The van der Waals surface area contributed by atoms with Gasteiger partial charge in [-0.2, -0.15) is 5.48 Å². The van der Waals surface area contributed by atoms with Crippen LogP contribution in [0.15, 0.2) is 24.3 Å². The van der Waals surface area contributed by atoms with Crippen molar-refractivity contribution in [3.05, 3.63) is 35.6 Å². The quantitative estimate of drug-likeness (QED) is 0.827. The van der Waals surface area contributed by atoms with Gasteiger partial charge in [-0.05, 0) is 12.5 Å². The summed E-state index contributed by atoms with van der Waals surface area (Å²) in [5, 5.41) is 0. The Bertz CT molecular complexity index is 292. The Balaban J connectivity index is 0.000000450. The minimum Gasteiger partial charge on any atom is -0.388 e. The molecule has 1 saturated heterocycles. The van der Waals surface area contributed by atoms with Gasteiger partial charge in [-0.1, -0.05) is 18.2 Å². The van der Waals surface area contributed by atoms with Crippen LogP contribution >= 0.6 is 0 Å². The second-order valence-corrected chi connectivity index (χ2v) is 3.24. The van der Waals surface area contributed by atoms with Crippen LogP contribution in [0.2, 0.25) is 0 Å². The molecule has 0 radical (unpaired) electrons. The van der Waals surface area contributed by atoms with Crippen LogP contribution in [0.25, 0.3) is 0 Å². The Morgan fingerprint density at radius 1 is 1.29 bits per heavy atom. The van der Waals surface area contributed by atoms with Gasteiger partial charge in [0.1, 0.15) is 5.82 Å². The maximum atomic E-state index is 13.1. The first kappa shape index (κ1) is 16.0. The van der Waals surface area contributed by atoms with Gasteiger partial charge in [0, 0.05) is 19.8 Å². The normalized spacial score (nSPS) is 17.6. The van der Waals surface area contributed by atoms with E-state index in [0.717, 1.165) is 6.42 Å². The van der Waals surface area contributed by atoms with Crippen molar-refractivity contribution < 1.29 is 18.4 Å². The second kappa shape index (κ2) is 10.1. The lowest BCUT2D eigenvalue weighted by Crippen LogP contribution is -2.12. The molecule has 98 valence electrons. The molecule has 0 saturated carbocycles. The molecule has 0 amide bonds. The number of hydroxylamine groups is 1. The van der Waals surface area contributed by atoms with Crippen molar-refractivity contribution in [3.63, 3.8) is 0 Å². The van der Waals surface area contributed by atoms with Crippen LogP contribution in [-0.2, 0) is 9.57 Å². The lowest BCUT2D eigenvalue weighted by molar-refractivity contribution is 0.0877. The summed E-state index contributed by atoms with van der Waals surface area (Å²) in [6.45, 7) is 0.652. The molecule has 5 heteroatoms. The summed E-state index contributed by atoms with van der Waals surface area (Å²) >= 11 is 0. The summed E-state index contributed by atoms with van der Waals surface area (Å²) in [5.74, 6) is -0.166. The summed E-state index contributed by atoms with van der Waals surface area (Å²) in [5.41, 5.74) is 3.46. The van der Waals surface area contributed by atoms with Crippen LogP contribution < -0.4 is 5.48 Å². The average Bonchev–Trinajstić information content (AvgIpc) is 2.87. The van der Waals surface area contributed by atoms with Crippen LogP contribution in [0.3, 0.4) is 0 Å². The maximum Gasteiger partial charge on any atom is 0.128 e. The predicted octanol–water partition coefficient (Wildman–Crippen LogP) is 2.64. The molecule has 1 unspecified atom stereocenters. The van der Waals surface area contributed by atoms with Crippen LogP contribution in [0.4, 0.5) is 8.78 Å². The van der Waals surface area contributed by atoms with Gasteiger partial charge >= 0.3 is 0 Å². The first-order valence-electron chi connectivity index (χ1n) is 5.19. The summed E-state index contributed by atoms with van der Waals surface area (Å²) in [6, 6.07) is 6.79. The van der Waals surface area contributed by atoms with E-state index in [4.69, 9.17) is 4.84 Å². The van der Waals surface area contributed by atoms with Crippen LogP contribution in [-0.4, -0.2) is 28.0 Å². The van der Waals surface area contributed by atoms with E-state index < -0.39 is 0 Å². The molecular formula is C12H19F2NO2. The van der Waals surface area contributed by atoms with Crippen molar-refractivity contribution in [1.82, 2.24) is 5.48 Å². The Morgan fingerprint density at radius 2 is 1.88 bits per heavy atom. The van der Waals surface area contributed by atoms with Gasteiger partial charge in [-0.3, -0.25) is 4.39 Å². The maximum absolute atomic E-state index is 13.1. The van der Waals surface area contributed by atoms with E-state index in [1.165, 1.54) is 6.07 Å². The highest BCUT2D eigenvalue weighted by molar-refractivity contribution is 5.21. The second-order valence-electron chi connectivity index (χ2n) is 3.24. The zero-order valence-corrected chi connectivity index (χ0v) is 10.4. The molecule has 17 heavy (non-hydrogen) atoms. The minimum atomic E-state index is -0.166. The Morgan fingerprint density at radius 3 is 2.35 bits per heavy atom. The number of hydrogen-bond acceptors (Lipinski definition) is 3. The van der Waals surface area contributed by atoms with Gasteiger partial charge < -0.3 is 9.57 Å². The third-order valence-corrected chi connectivity index (χ3v) is 2.01. The van der Waals surface area contributed by atoms with Crippen molar-refractivity contribution in [2.75, 3.05) is 28.0 Å². The molecule has 1 heterocycles. The highest BCUT2D eigenvalue weighted by Gasteiger charge is 2.19. The topological polar surface area (TPSA) is 30.5 Å². The summed E-state index contributed by atoms with van der Waals surface area (Å²) in [6.07, 6.45) is 0.834.